The highest BCUT2D eigenvalue weighted by molar-refractivity contribution is 5.76. The van der Waals surface area contributed by atoms with Crippen LogP contribution in [0.2, 0.25) is 0 Å². The van der Waals surface area contributed by atoms with Gasteiger partial charge in [-0.05, 0) is 19.4 Å². The van der Waals surface area contributed by atoms with Crippen molar-refractivity contribution in [2.45, 2.75) is 31.4 Å². The minimum atomic E-state index is 0.0509. The number of carbonyl (C=O) groups is 1. The number of amides is 1. The van der Waals surface area contributed by atoms with Gasteiger partial charge in [0.25, 0.3) is 0 Å². The Morgan fingerprint density at radius 3 is 3.00 bits per heavy atom. The van der Waals surface area contributed by atoms with E-state index >= 15 is 0 Å². The molecule has 1 rings (SSSR count). The molecule has 1 fully saturated rings. The number of carbonyl (C=O) groups excluding carboxylic acids is 1. The maximum atomic E-state index is 11.4. The van der Waals surface area contributed by atoms with E-state index in [1.807, 2.05) is 0 Å². The van der Waals surface area contributed by atoms with Crippen molar-refractivity contribution in [2.75, 3.05) is 33.8 Å². The summed E-state index contributed by atoms with van der Waals surface area (Å²) >= 11 is 0. The summed E-state index contributed by atoms with van der Waals surface area (Å²) in [4.78, 5) is 13.6. The predicted molar refractivity (Wildman–Crippen MR) is 63.1 cm³/mol. The molecule has 94 valence electrons. The summed E-state index contributed by atoms with van der Waals surface area (Å²) in [6, 6.07) is 0.137. The van der Waals surface area contributed by atoms with Gasteiger partial charge in [-0.3, -0.25) is 9.69 Å². The van der Waals surface area contributed by atoms with Crippen molar-refractivity contribution < 1.29 is 9.53 Å². The highest BCUT2D eigenvalue weighted by Crippen LogP contribution is 2.16. The molecule has 0 aliphatic carbocycles. The lowest BCUT2D eigenvalue weighted by atomic mass is 10.0. The normalized spacial score (nSPS) is 24.1. The lowest BCUT2D eigenvalue weighted by Crippen LogP contribution is -2.49. The number of hydrogen-bond acceptors (Lipinski definition) is 4. The molecule has 16 heavy (non-hydrogen) atoms. The minimum Gasteiger partial charge on any atom is -0.380 e. The van der Waals surface area contributed by atoms with Crippen molar-refractivity contribution in [3.63, 3.8) is 0 Å². The molecular weight excluding hydrogens is 206 g/mol. The number of ether oxygens (including phenoxy) is 1. The molecule has 5 nitrogen and oxygen atoms in total. The molecule has 2 atom stereocenters. The number of methoxy groups -OCH3 is 1. The number of hydrogen-bond donors (Lipinski definition) is 2. The number of nitrogens with two attached hydrogens (primary N) is 1. The van der Waals surface area contributed by atoms with Gasteiger partial charge in [0.1, 0.15) is 0 Å². The standard InChI is InChI=1S/C11H23N3O2/c1-13-11(15)6-9(7-12)14-5-3-4-10(8-14)16-2/h9-10H,3-8,12H2,1-2H3,(H,13,15). The number of rotatable bonds is 5. The Bertz CT molecular complexity index is 223. The summed E-state index contributed by atoms with van der Waals surface area (Å²) in [6.07, 6.45) is 2.98. The fourth-order valence-corrected chi connectivity index (χ4v) is 2.17. The number of nitrogens with zero attached hydrogens (tertiary/aromatic N) is 1. The Labute approximate surface area is 97.3 Å². The van der Waals surface area contributed by atoms with Gasteiger partial charge < -0.3 is 15.8 Å². The van der Waals surface area contributed by atoms with E-state index in [4.69, 9.17) is 10.5 Å². The second kappa shape index (κ2) is 6.83. The SMILES string of the molecule is CNC(=O)CC(CN)N1CCCC(OC)C1. The van der Waals surface area contributed by atoms with Crippen LogP contribution in [0.5, 0.6) is 0 Å². The van der Waals surface area contributed by atoms with Gasteiger partial charge in [0.15, 0.2) is 0 Å². The lowest BCUT2D eigenvalue weighted by molar-refractivity contribution is -0.122. The summed E-state index contributed by atoms with van der Waals surface area (Å²) in [7, 11) is 3.40. The molecule has 0 bridgehead atoms. The Balaban J connectivity index is 2.48. The Kier molecular flexibility index (Phi) is 5.73. The fourth-order valence-electron chi connectivity index (χ4n) is 2.17. The van der Waals surface area contributed by atoms with Gasteiger partial charge in [0, 0.05) is 39.7 Å². The van der Waals surface area contributed by atoms with E-state index in [1.54, 1.807) is 14.2 Å². The molecule has 3 N–H and O–H groups in total. The molecule has 1 saturated heterocycles. The van der Waals surface area contributed by atoms with Crippen molar-refractivity contribution in [1.29, 1.82) is 0 Å². The maximum Gasteiger partial charge on any atom is 0.221 e. The van der Waals surface area contributed by atoms with E-state index in [2.05, 4.69) is 10.2 Å². The van der Waals surface area contributed by atoms with Crippen LogP contribution >= 0.6 is 0 Å². The fraction of sp³-hybridized carbons (Fsp3) is 0.909. The number of likely N-dealkylation sites (tertiary alicyclic amines) is 1. The molecule has 0 radical (unpaired) electrons. The third kappa shape index (κ3) is 3.73. The predicted octanol–water partition coefficient (Wildman–Crippen LogP) is -0.439. The molecular formula is C11H23N3O2. The van der Waals surface area contributed by atoms with Crippen LogP contribution in [0.4, 0.5) is 0 Å². The molecule has 1 amide bonds. The third-order valence-electron chi connectivity index (χ3n) is 3.23. The summed E-state index contributed by atoms with van der Waals surface area (Å²) < 4.78 is 5.36. The zero-order chi connectivity index (χ0) is 12.0. The summed E-state index contributed by atoms with van der Waals surface area (Å²) in [6.45, 7) is 2.41. The van der Waals surface area contributed by atoms with Gasteiger partial charge in [-0.1, -0.05) is 0 Å². The first-order valence-electron chi connectivity index (χ1n) is 5.88. The quantitative estimate of drug-likeness (QED) is 0.671. The zero-order valence-corrected chi connectivity index (χ0v) is 10.2. The number of nitrogens with one attached hydrogen (secondary N) is 1. The lowest BCUT2D eigenvalue weighted by Gasteiger charge is -2.37. The van der Waals surface area contributed by atoms with Crippen LogP contribution in [0.3, 0.4) is 0 Å². The van der Waals surface area contributed by atoms with Crippen LogP contribution < -0.4 is 11.1 Å². The molecule has 5 heteroatoms. The van der Waals surface area contributed by atoms with Gasteiger partial charge in [-0.15, -0.1) is 0 Å². The first-order chi connectivity index (χ1) is 7.71. The van der Waals surface area contributed by atoms with Gasteiger partial charge in [0.2, 0.25) is 5.91 Å². The molecule has 1 aliphatic heterocycles. The first-order valence-corrected chi connectivity index (χ1v) is 5.88. The van der Waals surface area contributed by atoms with Crippen LogP contribution in [0.1, 0.15) is 19.3 Å². The molecule has 0 aromatic carbocycles. The molecule has 0 spiro atoms. The summed E-state index contributed by atoms with van der Waals surface area (Å²) in [5.74, 6) is 0.0509. The van der Waals surface area contributed by atoms with Gasteiger partial charge in [0.05, 0.1) is 6.10 Å². The van der Waals surface area contributed by atoms with Crippen molar-refractivity contribution in [3.8, 4) is 0 Å². The molecule has 0 saturated carbocycles. The highest BCUT2D eigenvalue weighted by Gasteiger charge is 2.26. The van der Waals surface area contributed by atoms with Crippen molar-refractivity contribution in [2.24, 2.45) is 5.73 Å². The van der Waals surface area contributed by atoms with E-state index in [0.29, 0.717) is 13.0 Å². The zero-order valence-electron chi connectivity index (χ0n) is 10.2. The summed E-state index contributed by atoms with van der Waals surface area (Å²) in [5.41, 5.74) is 5.73. The largest absolute Gasteiger partial charge is 0.380 e. The molecule has 1 heterocycles. The third-order valence-corrected chi connectivity index (χ3v) is 3.23. The molecule has 0 aromatic heterocycles. The monoisotopic (exact) mass is 229 g/mol. The summed E-state index contributed by atoms with van der Waals surface area (Å²) in [5, 5.41) is 2.64. The van der Waals surface area contributed by atoms with Crippen LogP contribution in [-0.2, 0) is 9.53 Å². The minimum absolute atomic E-state index is 0.0509. The van der Waals surface area contributed by atoms with Crippen LogP contribution in [0, 0.1) is 0 Å². The average Bonchev–Trinajstić information content (AvgIpc) is 2.35. The number of piperidine rings is 1. The second-order valence-electron chi connectivity index (χ2n) is 4.26. The van der Waals surface area contributed by atoms with Crippen LogP contribution in [-0.4, -0.2) is 56.7 Å². The molecule has 1 aliphatic rings. The topological polar surface area (TPSA) is 67.6 Å². The Morgan fingerprint density at radius 1 is 1.69 bits per heavy atom. The second-order valence-corrected chi connectivity index (χ2v) is 4.26. The highest BCUT2D eigenvalue weighted by atomic mass is 16.5. The van der Waals surface area contributed by atoms with Gasteiger partial charge in [-0.25, -0.2) is 0 Å². The molecule has 2 unspecified atom stereocenters. The molecule has 0 aromatic rings. The van der Waals surface area contributed by atoms with Crippen LogP contribution in [0.25, 0.3) is 0 Å². The van der Waals surface area contributed by atoms with Crippen molar-refractivity contribution >= 4 is 5.91 Å². The van der Waals surface area contributed by atoms with Crippen molar-refractivity contribution in [1.82, 2.24) is 10.2 Å². The van der Waals surface area contributed by atoms with E-state index in [-0.39, 0.29) is 18.1 Å². The van der Waals surface area contributed by atoms with E-state index in [0.717, 1.165) is 25.9 Å². The van der Waals surface area contributed by atoms with E-state index < -0.39 is 0 Å². The van der Waals surface area contributed by atoms with E-state index in [9.17, 15) is 4.79 Å². The van der Waals surface area contributed by atoms with Crippen molar-refractivity contribution in [3.05, 3.63) is 0 Å². The van der Waals surface area contributed by atoms with Gasteiger partial charge >= 0.3 is 0 Å². The Morgan fingerprint density at radius 2 is 2.44 bits per heavy atom. The first kappa shape index (κ1) is 13.4. The maximum absolute atomic E-state index is 11.4. The van der Waals surface area contributed by atoms with E-state index in [1.165, 1.54) is 0 Å². The average molecular weight is 229 g/mol. The smallest absolute Gasteiger partial charge is 0.221 e. The van der Waals surface area contributed by atoms with Gasteiger partial charge in [-0.2, -0.15) is 0 Å². The Hall–Kier alpha value is -0.650. The van der Waals surface area contributed by atoms with Crippen LogP contribution in [0.15, 0.2) is 0 Å².